The molecule has 114 valence electrons. The van der Waals surface area contributed by atoms with Gasteiger partial charge in [-0.05, 0) is 37.1 Å². The summed E-state index contributed by atoms with van der Waals surface area (Å²) in [7, 11) is -1.03. The smallest absolute Gasteiger partial charge is 0.246 e. The molecule has 20 heavy (non-hydrogen) atoms. The summed E-state index contributed by atoms with van der Waals surface area (Å²) in [6, 6.07) is 3.21. The minimum Gasteiger partial charge on any atom is -0.495 e. The normalized spacial score (nSPS) is 13.6. The minimum atomic E-state index is -3.79. The zero-order valence-corrected chi connectivity index (χ0v) is 12.9. The quantitative estimate of drug-likeness (QED) is 0.788. The van der Waals surface area contributed by atoms with Crippen molar-refractivity contribution in [3.8, 4) is 5.75 Å². The molecular formula is C13H21NO5S. The minimum absolute atomic E-state index is 0.0516. The van der Waals surface area contributed by atoms with E-state index in [0.29, 0.717) is 0 Å². The molecule has 0 radical (unpaired) electrons. The molecule has 0 aromatic heterocycles. The van der Waals surface area contributed by atoms with Crippen LogP contribution in [0.2, 0.25) is 0 Å². The van der Waals surface area contributed by atoms with Crippen molar-refractivity contribution in [1.29, 1.82) is 0 Å². The zero-order valence-electron chi connectivity index (χ0n) is 12.1. The van der Waals surface area contributed by atoms with E-state index in [2.05, 4.69) is 0 Å². The molecule has 0 heterocycles. The number of likely N-dealkylation sites (N-methyl/N-ethyl adjacent to an activating group) is 1. The van der Waals surface area contributed by atoms with E-state index in [1.807, 2.05) is 13.8 Å². The van der Waals surface area contributed by atoms with E-state index in [0.717, 1.165) is 15.4 Å². The zero-order chi connectivity index (χ0) is 15.5. The highest BCUT2D eigenvalue weighted by atomic mass is 32.2. The molecule has 6 nitrogen and oxygen atoms in total. The first-order valence-corrected chi connectivity index (χ1v) is 7.58. The van der Waals surface area contributed by atoms with E-state index in [1.165, 1.54) is 14.2 Å². The Bertz CT molecular complexity index is 570. The lowest BCUT2D eigenvalue weighted by Crippen LogP contribution is -2.36. The van der Waals surface area contributed by atoms with Gasteiger partial charge in [-0.2, -0.15) is 4.31 Å². The summed E-state index contributed by atoms with van der Waals surface area (Å²) < 4.78 is 31.1. The lowest BCUT2D eigenvalue weighted by Gasteiger charge is -2.21. The van der Waals surface area contributed by atoms with Gasteiger partial charge in [-0.25, -0.2) is 8.42 Å². The van der Waals surface area contributed by atoms with Crippen LogP contribution in [0.1, 0.15) is 11.1 Å². The van der Waals surface area contributed by atoms with E-state index in [1.54, 1.807) is 12.1 Å². The fourth-order valence-corrected chi connectivity index (χ4v) is 3.17. The summed E-state index contributed by atoms with van der Waals surface area (Å²) in [5.74, 6) is 0.262. The maximum atomic E-state index is 12.5. The second kappa shape index (κ2) is 6.53. The van der Waals surface area contributed by atoms with Crippen LogP contribution >= 0.6 is 0 Å². The number of rotatable bonds is 6. The summed E-state index contributed by atoms with van der Waals surface area (Å²) >= 11 is 0. The van der Waals surface area contributed by atoms with Crippen LogP contribution in [0.25, 0.3) is 0 Å². The average molecular weight is 303 g/mol. The van der Waals surface area contributed by atoms with E-state index < -0.39 is 22.7 Å². The number of methoxy groups -OCH3 is 1. The first kappa shape index (κ1) is 16.9. The van der Waals surface area contributed by atoms with Crippen LogP contribution in [0.15, 0.2) is 17.0 Å². The molecular weight excluding hydrogens is 282 g/mol. The van der Waals surface area contributed by atoms with Crippen molar-refractivity contribution in [3.05, 3.63) is 23.3 Å². The summed E-state index contributed by atoms with van der Waals surface area (Å²) in [6.45, 7) is 3.00. The second-order valence-electron chi connectivity index (χ2n) is 4.71. The fourth-order valence-electron chi connectivity index (χ4n) is 1.74. The fraction of sp³-hybridized carbons (Fsp3) is 0.538. The Hall–Kier alpha value is -1.15. The monoisotopic (exact) mass is 303 g/mol. The maximum absolute atomic E-state index is 12.5. The van der Waals surface area contributed by atoms with Crippen molar-refractivity contribution < 1.29 is 23.4 Å². The number of benzene rings is 1. The number of aryl methyl sites for hydroxylation is 2. The lowest BCUT2D eigenvalue weighted by atomic mass is 10.1. The third kappa shape index (κ3) is 3.49. The topological polar surface area (TPSA) is 87.1 Å². The van der Waals surface area contributed by atoms with Gasteiger partial charge in [-0.15, -0.1) is 0 Å². The highest BCUT2D eigenvalue weighted by Crippen LogP contribution is 2.29. The van der Waals surface area contributed by atoms with Crippen molar-refractivity contribution in [2.24, 2.45) is 0 Å². The molecule has 1 aromatic carbocycles. The van der Waals surface area contributed by atoms with Crippen LogP contribution < -0.4 is 4.74 Å². The predicted molar refractivity (Wildman–Crippen MR) is 75.4 cm³/mol. The molecule has 1 unspecified atom stereocenters. The number of hydrogen-bond acceptors (Lipinski definition) is 5. The Labute approximate surface area is 119 Å². The van der Waals surface area contributed by atoms with Crippen LogP contribution in [0, 0.1) is 13.8 Å². The summed E-state index contributed by atoms with van der Waals surface area (Å²) in [4.78, 5) is 0.0516. The number of nitrogens with zero attached hydrogens (tertiary/aromatic N) is 1. The van der Waals surface area contributed by atoms with Gasteiger partial charge in [-0.3, -0.25) is 0 Å². The van der Waals surface area contributed by atoms with Gasteiger partial charge in [0.2, 0.25) is 10.0 Å². The first-order valence-electron chi connectivity index (χ1n) is 6.14. The van der Waals surface area contributed by atoms with Gasteiger partial charge >= 0.3 is 0 Å². The maximum Gasteiger partial charge on any atom is 0.246 e. The van der Waals surface area contributed by atoms with Gasteiger partial charge in [-0.1, -0.05) is 0 Å². The number of hydrogen-bond donors (Lipinski definition) is 2. The molecule has 0 spiro atoms. The first-order chi connectivity index (χ1) is 9.23. The number of sulfonamides is 1. The molecule has 1 aromatic rings. The third-order valence-corrected chi connectivity index (χ3v) is 4.99. The Morgan fingerprint density at radius 2 is 1.85 bits per heavy atom. The highest BCUT2D eigenvalue weighted by molar-refractivity contribution is 7.89. The Balaban J connectivity index is 3.24. The van der Waals surface area contributed by atoms with E-state index >= 15 is 0 Å². The van der Waals surface area contributed by atoms with Gasteiger partial charge in [0.1, 0.15) is 10.6 Å². The number of ether oxygens (including phenoxy) is 1. The molecule has 7 heteroatoms. The van der Waals surface area contributed by atoms with Gasteiger partial charge in [0.05, 0.1) is 19.8 Å². The number of aliphatic hydroxyl groups is 2. The van der Waals surface area contributed by atoms with Crippen molar-refractivity contribution in [3.63, 3.8) is 0 Å². The van der Waals surface area contributed by atoms with Gasteiger partial charge in [0.15, 0.2) is 0 Å². The van der Waals surface area contributed by atoms with Crippen molar-refractivity contribution in [2.75, 3.05) is 27.3 Å². The molecule has 0 saturated heterocycles. The summed E-state index contributed by atoms with van der Waals surface area (Å²) in [5.41, 5.74) is 1.76. The Morgan fingerprint density at radius 1 is 1.30 bits per heavy atom. The number of aliphatic hydroxyl groups excluding tert-OH is 2. The highest BCUT2D eigenvalue weighted by Gasteiger charge is 2.26. The van der Waals surface area contributed by atoms with E-state index in [9.17, 15) is 13.5 Å². The second-order valence-corrected chi connectivity index (χ2v) is 6.72. The molecule has 0 aliphatic carbocycles. The summed E-state index contributed by atoms with van der Waals surface area (Å²) in [6.07, 6.45) is -1.12. The Kier molecular flexibility index (Phi) is 5.52. The largest absolute Gasteiger partial charge is 0.495 e. The SMILES string of the molecule is COc1cc(C)c(C)cc1S(=O)(=O)N(C)CC(O)CO. The van der Waals surface area contributed by atoms with Crippen LogP contribution in [0.3, 0.4) is 0 Å². The van der Waals surface area contributed by atoms with Crippen LogP contribution in [-0.4, -0.2) is 56.3 Å². The molecule has 0 aliphatic heterocycles. The van der Waals surface area contributed by atoms with Crippen molar-refractivity contribution >= 4 is 10.0 Å². The molecule has 2 N–H and O–H groups in total. The predicted octanol–water partition coefficient (Wildman–Crippen LogP) is 0.286. The molecule has 0 aliphatic rings. The van der Waals surface area contributed by atoms with Crippen LogP contribution in [-0.2, 0) is 10.0 Å². The van der Waals surface area contributed by atoms with Gasteiger partial charge < -0.3 is 14.9 Å². The van der Waals surface area contributed by atoms with Gasteiger partial charge in [0, 0.05) is 13.6 Å². The van der Waals surface area contributed by atoms with E-state index in [4.69, 9.17) is 9.84 Å². The van der Waals surface area contributed by atoms with Crippen molar-refractivity contribution in [1.82, 2.24) is 4.31 Å². The molecule has 1 atom stereocenters. The summed E-state index contributed by atoms with van der Waals surface area (Å²) in [5, 5.41) is 18.2. The standard InChI is InChI=1S/C13H21NO5S/c1-9-5-12(19-4)13(6-10(9)2)20(17,18)14(3)7-11(16)8-15/h5-6,11,15-16H,7-8H2,1-4H3. The average Bonchev–Trinajstić information content (AvgIpc) is 2.40. The third-order valence-electron chi connectivity index (χ3n) is 3.15. The Morgan fingerprint density at radius 3 is 2.35 bits per heavy atom. The molecule has 0 fully saturated rings. The van der Waals surface area contributed by atoms with Crippen molar-refractivity contribution in [2.45, 2.75) is 24.8 Å². The van der Waals surface area contributed by atoms with E-state index in [-0.39, 0.29) is 17.2 Å². The van der Waals surface area contributed by atoms with Gasteiger partial charge in [0.25, 0.3) is 0 Å². The van der Waals surface area contributed by atoms with Crippen LogP contribution in [0.5, 0.6) is 5.75 Å². The lowest BCUT2D eigenvalue weighted by molar-refractivity contribution is 0.0825. The molecule has 0 saturated carbocycles. The molecule has 0 amide bonds. The molecule has 1 rings (SSSR count). The van der Waals surface area contributed by atoms with Crippen LogP contribution in [0.4, 0.5) is 0 Å². The molecule has 0 bridgehead atoms.